The fraction of sp³-hybridized carbons (Fsp3) is 0.333. The molecule has 0 saturated heterocycles. The number of hydrogen-bond donors (Lipinski definition) is 0. The van der Waals surface area contributed by atoms with Gasteiger partial charge in [0.2, 0.25) is 0 Å². The third-order valence-corrected chi connectivity index (χ3v) is 5.43. The lowest BCUT2D eigenvalue weighted by Crippen LogP contribution is -2.38. The number of benzene rings is 1. The van der Waals surface area contributed by atoms with Crippen molar-refractivity contribution in [2.24, 2.45) is 14.1 Å². The van der Waals surface area contributed by atoms with Crippen LogP contribution in [-0.4, -0.2) is 17.6 Å². The van der Waals surface area contributed by atoms with Gasteiger partial charge < -0.3 is 0 Å². The van der Waals surface area contributed by atoms with Crippen molar-refractivity contribution in [1.82, 2.24) is 9.13 Å². The molecule has 6 nitrogen and oxygen atoms in total. The van der Waals surface area contributed by atoms with Crippen molar-refractivity contribution < 1.29 is 8.42 Å². The highest BCUT2D eigenvalue weighted by atomic mass is 32.2. The maximum atomic E-state index is 12.6. The number of aromatic nitrogens is 2. The maximum Gasteiger partial charge on any atom is 0.330 e. The summed E-state index contributed by atoms with van der Waals surface area (Å²) >= 11 is 0. The Labute approximate surface area is 128 Å². The summed E-state index contributed by atoms with van der Waals surface area (Å²) in [5, 5.41) is 0. The fourth-order valence-electron chi connectivity index (χ4n) is 2.34. The Morgan fingerprint density at radius 1 is 1.00 bits per heavy atom. The maximum absolute atomic E-state index is 12.6. The molecule has 1 aromatic heterocycles. The molecular weight excluding hydrogens is 304 g/mol. The number of aryl methyl sites for hydroxylation is 2. The molecule has 0 radical (unpaired) electrons. The molecule has 1 heterocycles. The summed E-state index contributed by atoms with van der Waals surface area (Å²) < 4.78 is 27.3. The first-order valence-electron chi connectivity index (χ1n) is 6.69. The fourth-order valence-corrected chi connectivity index (χ4v) is 3.98. The SMILES string of the molecule is Cc1ccc(S(=O)(=O)Cc2cc(=O)n(C)c(=O)n2C)c(C)c1. The zero-order chi connectivity index (χ0) is 16.7. The standard InChI is InChI=1S/C15H18N2O4S/c1-10-5-6-13(11(2)7-10)22(20,21)9-12-8-14(18)17(4)15(19)16(12)3/h5-8H,9H2,1-4H3. The summed E-state index contributed by atoms with van der Waals surface area (Å²) in [5.41, 5.74) is 0.728. The molecule has 0 N–H and O–H groups in total. The van der Waals surface area contributed by atoms with E-state index in [2.05, 4.69) is 0 Å². The van der Waals surface area contributed by atoms with Gasteiger partial charge in [-0.15, -0.1) is 0 Å². The first kappa shape index (κ1) is 16.2. The highest BCUT2D eigenvalue weighted by Crippen LogP contribution is 2.20. The van der Waals surface area contributed by atoms with Crippen LogP contribution in [0.1, 0.15) is 16.8 Å². The molecule has 2 rings (SSSR count). The van der Waals surface area contributed by atoms with E-state index in [9.17, 15) is 18.0 Å². The van der Waals surface area contributed by atoms with Crippen LogP contribution in [0.5, 0.6) is 0 Å². The Bertz CT molecular complexity index is 952. The predicted octanol–water partition coefficient (Wildman–Crippen LogP) is 0.675. The predicted molar refractivity (Wildman–Crippen MR) is 83.7 cm³/mol. The van der Waals surface area contributed by atoms with Crippen LogP contribution in [0.15, 0.2) is 38.8 Å². The van der Waals surface area contributed by atoms with E-state index in [1.165, 1.54) is 24.7 Å². The van der Waals surface area contributed by atoms with Crippen LogP contribution < -0.4 is 11.2 Å². The Morgan fingerprint density at radius 2 is 1.64 bits per heavy atom. The molecule has 0 spiro atoms. The smallest absolute Gasteiger partial charge is 0.300 e. The minimum atomic E-state index is -3.64. The van der Waals surface area contributed by atoms with Gasteiger partial charge in [-0.1, -0.05) is 17.7 Å². The van der Waals surface area contributed by atoms with Crippen LogP contribution >= 0.6 is 0 Å². The van der Waals surface area contributed by atoms with Crippen molar-refractivity contribution in [2.75, 3.05) is 0 Å². The molecule has 0 atom stereocenters. The van der Waals surface area contributed by atoms with Crippen LogP contribution in [0.25, 0.3) is 0 Å². The van der Waals surface area contributed by atoms with E-state index < -0.39 is 26.8 Å². The lowest BCUT2D eigenvalue weighted by atomic mass is 10.2. The minimum absolute atomic E-state index is 0.174. The molecule has 22 heavy (non-hydrogen) atoms. The van der Waals surface area contributed by atoms with E-state index in [1.807, 2.05) is 6.92 Å². The second-order valence-corrected chi connectivity index (χ2v) is 7.36. The zero-order valence-corrected chi connectivity index (χ0v) is 13.8. The Hall–Kier alpha value is -2.15. The van der Waals surface area contributed by atoms with Gasteiger partial charge in [0.15, 0.2) is 9.84 Å². The minimum Gasteiger partial charge on any atom is -0.300 e. The van der Waals surface area contributed by atoms with E-state index >= 15 is 0 Å². The highest BCUT2D eigenvalue weighted by Gasteiger charge is 2.20. The van der Waals surface area contributed by atoms with Crippen molar-refractivity contribution in [3.8, 4) is 0 Å². The second kappa shape index (κ2) is 5.57. The number of rotatable bonds is 3. The summed E-state index contributed by atoms with van der Waals surface area (Å²) in [7, 11) is -0.830. The van der Waals surface area contributed by atoms with Gasteiger partial charge in [-0.05, 0) is 25.5 Å². The van der Waals surface area contributed by atoms with Crippen LogP contribution in [0.2, 0.25) is 0 Å². The van der Waals surface area contributed by atoms with E-state index in [0.717, 1.165) is 10.1 Å². The molecule has 0 unspecified atom stereocenters. The molecular formula is C15H18N2O4S. The molecule has 0 bridgehead atoms. The Kier molecular flexibility index (Phi) is 4.10. The molecule has 0 saturated carbocycles. The topological polar surface area (TPSA) is 78.1 Å². The van der Waals surface area contributed by atoms with Crippen LogP contribution in [0, 0.1) is 13.8 Å². The molecule has 0 aliphatic rings. The molecule has 0 aliphatic heterocycles. The van der Waals surface area contributed by atoms with Gasteiger partial charge in [-0.2, -0.15) is 0 Å². The van der Waals surface area contributed by atoms with Gasteiger partial charge in [0.25, 0.3) is 5.56 Å². The quantitative estimate of drug-likeness (QED) is 0.832. The lowest BCUT2D eigenvalue weighted by Gasteiger charge is -2.12. The second-order valence-electron chi connectivity index (χ2n) is 5.40. The van der Waals surface area contributed by atoms with Crippen LogP contribution in [0.4, 0.5) is 0 Å². The highest BCUT2D eigenvalue weighted by molar-refractivity contribution is 7.90. The first-order valence-corrected chi connectivity index (χ1v) is 8.34. The van der Waals surface area contributed by atoms with Gasteiger partial charge in [0, 0.05) is 25.9 Å². The molecule has 7 heteroatoms. The van der Waals surface area contributed by atoms with E-state index in [4.69, 9.17) is 0 Å². The summed E-state index contributed by atoms with van der Waals surface area (Å²) in [6, 6.07) is 6.25. The van der Waals surface area contributed by atoms with Crippen molar-refractivity contribution in [2.45, 2.75) is 24.5 Å². The summed E-state index contributed by atoms with van der Waals surface area (Å²) in [4.78, 5) is 23.8. The van der Waals surface area contributed by atoms with E-state index in [0.29, 0.717) is 5.56 Å². The normalized spacial score (nSPS) is 11.6. The molecule has 0 amide bonds. The number of nitrogens with zero attached hydrogens (tertiary/aromatic N) is 2. The molecule has 0 aliphatic carbocycles. The van der Waals surface area contributed by atoms with Gasteiger partial charge in [0.05, 0.1) is 10.6 Å². The third-order valence-electron chi connectivity index (χ3n) is 3.63. The van der Waals surface area contributed by atoms with Gasteiger partial charge in [0.1, 0.15) is 0 Å². The zero-order valence-electron chi connectivity index (χ0n) is 13.0. The summed E-state index contributed by atoms with van der Waals surface area (Å²) in [6.07, 6.45) is 0. The van der Waals surface area contributed by atoms with Crippen LogP contribution in [-0.2, 0) is 29.7 Å². The van der Waals surface area contributed by atoms with Crippen molar-refractivity contribution in [3.63, 3.8) is 0 Å². The number of sulfone groups is 1. The molecule has 1 aromatic carbocycles. The van der Waals surface area contributed by atoms with Gasteiger partial charge in [-0.25, -0.2) is 13.2 Å². The Morgan fingerprint density at radius 3 is 2.23 bits per heavy atom. The third kappa shape index (κ3) is 2.89. The van der Waals surface area contributed by atoms with E-state index in [1.54, 1.807) is 25.1 Å². The average molecular weight is 322 g/mol. The van der Waals surface area contributed by atoms with E-state index in [-0.39, 0.29) is 10.6 Å². The molecule has 2 aromatic rings. The molecule has 118 valence electrons. The summed E-state index contributed by atoms with van der Waals surface area (Å²) in [6.45, 7) is 3.61. The largest absolute Gasteiger partial charge is 0.330 e. The average Bonchev–Trinajstić information content (AvgIpc) is 2.41. The van der Waals surface area contributed by atoms with Gasteiger partial charge >= 0.3 is 5.69 Å². The Balaban J connectivity index is 2.55. The monoisotopic (exact) mass is 322 g/mol. The lowest BCUT2D eigenvalue weighted by molar-refractivity contribution is 0.589. The number of hydrogen-bond acceptors (Lipinski definition) is 4. The van der Waals surface area contributed by atoms with Crippen LogP contribution in [0.3, 0.4) is 0 Å². The van der Waals surface area contributed by atoms with Crippen molar-refractivity contribution >= 4 is 9.84 Å². The molecule has 0 fully saturated rings. The van der Waals surface area contributed by atoms with Crippen molar-refractivity contribution in [1.29, 1.82) is 0 Å². The van der Waals surface area contributed by atoms with Gasteiger partial charge in [-0.3, -0.25) is 13.9 Å². The van der Waals surface area contributed by atoms with Crippen molar-refractivity contribution in [3.05, 3.63) is 61.9 Å². The first-order chi connectivity index (χ1) is 10.1. The summed E-state index contributed by atoms with van der Waals surface area (Å²) in [5.74, 6) is -0.390.